The van der Waals surface area contributed by atoms with Crippen molar-refractivity contribution >= 4 is 22.6 Å². The minimum absolute atomic E-state index is 0.155. The van der Waals surface area contributed by atoms with Crippen LogP contribution in [0.1, 0.15) is 44.0 Å². The Labute approximate surface area is 92.8 Å². The highest BCUT2D eigenvalue weighted by Crippen LogP contribution is 2.41. The first-order valence-electron chi connectivity index (χ1n) is 4.72. The Balaban J connectivity index is 2.34. The van der Waals surface area contributed by atoms with E-state index in [1.807, 2.05) is 4.68 Å². The lowest BCUT2D eigenvalue weighted by molar-refractivity contribution is 0.675. The maximum Gasteiger partial charge on any atom is 0.0780 e. The van der Waals surface area contributed by atoms with Crippen LogP contribution in [0.5, 0.6) is 0 Å². The minimum Gasteiger partial charge on any atom is -0.272 e. The van der Waals surface area contributed by atoms with Gasteiger partial charge in [-0.1, -0.05) is 22.6 Å². The van der Waals surface area contributed by atoms with Crippen molar-refractivity contribution < 1.29 is 0 Å². The lowest BCUT2D eigenvalue weighted by atomic mass is 10.1. The summed E-state index contributed by atoms with van der Waals surface area (Å²) in [5, 5.41) is 4.55. The summed E-state index contributed by atoms with van der Waals surface area (Å²) in [5.41, 5.74) is 2.62. The molecule has 13 heavy (non-hydrogen) atoms. The van der Waals surface area contributed by atoms with Crippen molar-refractivity contribution in [3.8, 4) is 0 Å². The molecule has 1 fully saturated rings. The molecule has 1 aromatic rings. The predicted octanol–water partition coefficient (Wildman–Crippen LogP) is 2.97. The third-order valence-corrected chi connectivity index (χ3v) is 3.07. The van der Waals surface area contributed by atoms with E-state index in [2.05, 4.69) is 54.7 Å². The van der Waals surface area contributed by atoms with E-state index in [0.29, 0.717) is 0 Å². The molecule has 2 rings (SSSR count). The summed E-state index contributed by atoms with van der Waals surface area (Å²) in [4.78, 5) is 0. The van der Waals surface area contributed by atoms with Crippen molar-refractivity contribution in [1.82, 2.24) is 9.78 Å². The van der Waals surface area contributed by atoms with Crippen LogP contribution >= 0.6 is 22.6 Å². The molecule has 0 aliphatic heterocycles. The fourth-order valence-electron chi connectivity index (χ4n) is 1.53. The summed E-state index contributed by atoms with van der Waals surface area (Å²) >= 11 is 2.44. The van der Waals surface area contributed by atoms with Gasteiger partial charge in [0.05, 0.1) is 9.12 Å². The van der Waals surface area contributed by atoms with E-state index in [9.17, 15) is 0 Å². The van der Waals surface area contributed by atoms with Crippen LogP contribution in [-0.4, -0.2) is 9.78 Å². The van der Waals surface area contributed by atoms with Gasteiger partial charge in [0.1, 0.15) is 0 Å². The molecule has 0 aromatic carbocycles. The van der Waals surface area contributed by atoms with Crippen molar-refractivity contribution in [2.45, 2.75) is 36.0 Å². The van der Waals surface area contributed by atoms with Gasteiger partial charge >= 0.3 is 0 Å². The third kappa shape index (κ3) is 1.90. The van der Waals surface area contributed by atoms with Gasteiger partial charge in [-0.15, -0.1) is 0 Å². The zero-order chi connectivity index (χ0) is 9.64. The van der Waals surface area contributed by atoms with E-state index < -0.39 is 0 Å². The topological polar surface area (TPSA) is 17.8 Å². The second-order valence-electron chi connectivity index (χ2n) is 4.32. The van der Waals surface area contributed by atoms with Crippen molar-refractivity contribution in [3.05, 3.63) is 17.5 Å². The average molecular weight is 290 g/mol. The molecule has 1 aliphatic carbocycles. The third-order valence-electron chi connectivity index (χ3n) is 2.52. The Bertz CT molecular complexity index is 318. The zero-order valence-corrected chi connectivity index (χ0v) is 10.5. The first-order chi connectivity index (χ1) is 5.98. The second-order valence-corrected chi connectivity index (χ2v) is 7.02. The summed E-state index contributed by atoms with van der Waals surface area (Å²) in [7, 11) is 2.06. The highest BCUT2D eigenvalue weighted by atomic mass is 127. The molecule has 0 saturated heterocycles. The van der Waals surface area contributed by atoms with E-state index in [-0.39, 0.29) is 3.42 Å². The van der Waals surface area contributed by atoms with Gasteiger partial charge in [-0.25, -0.2) is 0 Å². The van der Waals surface area contributed by atoms with Crippen LogP contribution in [0.25, 0.3) is 0 Å². The molecule has 0 spiro atoms. The Morgan fingerprint density at radius 2 is 2.15 bits per heavy atom. The van der Waals surface area contributed by atoms with Gasteiger partial charge in [0.15, 0.2) is 0 Å². The number of hydrogen-bond acceptors (Lipinski definition) is 1. The van der Waals surface area contributed by atoms with Crippen LogP contribution in [0.2, 0.25) is 0 Å². The van der Waals surface area contributed by atoms with Crippen molar-refractivity contribution in [2.24, 2.45) is 7.05 Å². The van der Waals surface area contributed by atoms with Crippen molar-refractivity contribution in [3.63, 3.8) is 0 Å². The van der Waals surface area contributed by atoms with Crippen LogP contribution < -0.4 is 0 Å². The number of nitrogens with zero attached hydrogens (tertiary/aromatic N) is 2. The van der Waals surface area contributed by atoms with Gasteiger partial charge < -0.3 is 0 Å². The lowest BCUT2D eigenvalue weighted by Crippen LogP contribution is -2.07. The van der Waals surface area contributed by atoms with E-state index >= 15 is 0 Å². The van der Waals surface area contributed by atoms with Crippen LogP contribution in [-0.2, 0) is 10.5 Å². The molecule has 0 unspecified atom stereocenters. The molecule has 1 aliphatic rings. The molecule has 1 saturated carbocycles. The fourth-order valence-corrected chi connectivity index (χ4v) is 1.80. The molecule has 72 valence electrons. The van der Waals surface area contributed by atoms with E-state index in [1.54, 1.807) is 0 Å². The summed E-state index contributed by atoms with van der Waals surface area (Å²) in [6, 6.07) is 2.27. The first-order valence-corrected chi connectivity index (χ1v) is 5.79. The summed E-state index contributed by atoms with van der Waals surface area (Å²) in [6.45, 7) is 4.40. The molecular formula is C10H15IN2. The molecular weight excluding hydrogens is 275 g/mol. The largest absolute Gasteiger partial charge is 0.272 e. The normalized spacial score (nSPS) is 17.8. The van der Waals surface area contributed by atoms with Gasteiger partial charge in [0.2, 0.25) is 0 Å². The maximum absolute atomic E-state index is 4.55. The van der Waals surface area contributed by atoms with Crippen LogP contribution in [0, 0.1) is 0 Å². The highest BCUT2D eigenvalue weighted by Gasteiger charge is 2.29. The highest BCUT2D eigenvalue weighted by molar-refractivity contribution is 14.1. The Morgan fingerprint density at radius 1 is 1.54 bits per heavy atom. The van der Waals surface area contributed by atoms with E-state index in [0.717, 1.165) is 5.92 Å². The summed E-state index contributed by atoms with van der Waals surface area (Å²) in [6.07, 6.45) is 2.70. The van der Waals surface area contributed by atoms with Gasteiger partial charge in [-0.2, -0.15) is 5.10 Å². The summed E-state index contributed by atoms with van der Waals surface area (Å²) < 4.78 is 2.20. The zero-order valence-electron chi connectivity index (χ0n) is 8.34. The molecule has 0 N–H and O–H groups in total. The van der Waals surface area contributed by atoms with Gasteiger partial charge in [-0.3, -0.25) is 4.68 Å². The molecule has 0 atom stereocenters. The molecule has 0 radical (unpaired) electrons. The van der Waals surface area contributed by atoms with E-state index in [4.69, 9.17) is 0 Å². The number of rotatable bonds is 2. The molecule has 1 heterocycles. The standard InChI is InChI=1S/C10H15IN2/c1-10(2,11)9-6-8(7-4-5-7)13(3)12-9/h6-7H,4-5H2,1-3H3. The van der Waals surface area contributed by atoms with Gasteiger partial charge in [0.25, 0.3) is 0 Å². The molecule has 3 heteroatoms. The van der Waals surface area contributed by atoms with E-state index in [1.165, 1.54) is 24.2 Å². The Hall–Kier alpha value is -0.0600. The van der Waals surface area contributed by atoms with Gasteiger partial charge in [0, 0.05) is 18.7 Å². The molecule has 2 nitrogen and oxygen atoms in total. The smallest absolute Gasteiger partial charge is 0.0780 e. The van der Waals surface area contributed by atoms with Crippen LogP contribution in [0.4, 0.5) is 0 Å². The number of alkyl halides is 1. The molecule has 0 amide bonds. The quantitative estimate of drug-likeness (QED) is 0.605. The predicted molar refractivity (Wildman–Crippen MR) is 62.2 cm³/mol. The number of halogens is 1. The lowest BCUT2D eigenvalue weighted by Gasteiger charge is -2.11. The summed E-state index contributed by atoms with van der Waals surface area (Å²) in [5.74, 6) is 0.796. The fraction of sp³-hybridized carbons (Fsp3) is 0.700. The first kappa shape index (κ1) is 9.49. The minimum atomic E-state index is 0.155. The Kier molecular flexibility index (Phi) is 2.17. The van der Waals surface area contributed by atoms with Crippen LogP contribution in [0.3, 0.4) is 0 Å². The number of aryl methyl sites for hydroxylation is 1. The SMILES string of the molecule is Cn1nc(C(C)(C)I)cc1C1CC1. The monoisotopic (exact) mass is 290 g/mol. The molecule has 1 aromatic heterocycles. The Morgan fingerprint density at radius 3 is 2.54 bits per heavy atom. The second kappa shape index (κ2) is 2.97. The number of hydrogen-bond donors (Lipinski definition) is 0. The van der Waals surface area contributed by atoms with Crippen LogP contribution in [0.15, 0.2) is 6.07 Å². The maximum atomic E-state index is 4.55. The molecule has 0 bridgehead atoms. The van der Waals surface area contributed by atoms with Gasteiger partial charge in [-0.05, 0) is 32.8 Å². The van der Waals surface area contributed by atoms with Crippen molar-refractivity contribution in [2.75, 3.05) is 0 Å². The number of aromatic nitrogens is 2. The van der Waals surface area contributed by atoms with Crippen molar-refractivity contribution in [1.29, 1.82) is 0 Å². The average Bonchev–Trinajstić information content (AvgIpc) is 2.73.